The molecule has 1 aromatic carbocycles. The van der Waals surface area contributed by atoms with Gasteiger partial charge in [0.05, 0.1) is 12.6 Å². The van der Waals surface area contributed by atoms with Gasteiger partial charge in [-0.05, 0) is 24.3 Å². The minimum Gasteiger partial charge on any atom is -0.491 e. The zero-order valence-corrected chi connectivity index (χ0v) is 12.8. The molecule has 0 radical (unpaired) electrons. The largest absolute Gasteiger partial charge is 0.491 e. The number of aromatic nitrogens is 2. The molecule has 0 saturated heterocycles. The first-order chi connectivity index (χ1) is 11.2. The van der Waals surface area contributed by atoms with Crippen LogP contribution in [-0.2, 0) is 7.05 Å². The smallest absolute Gasteiger partial charge is 0.268 e. The predicted molar refractivity (Wildman–Crippen MR) is 87.5 cm³/mol. The molecule has 5 heteroatoms. The minimum atomic E-state index is -0.120. The Balaban J connectivity index is 1.64. The summed E-state index contributed by atoms with van der Waals surface area (Å²) in [4.78, 5) is 17.1. The maximum Gasteiger partial charge on any atom is 0.268 e. The number of para-hydroxylation sites is 1. The third kappa shape index (κ3) is 2.34. The van der Waals surface area contributed by atoms with Gasteiger partial charge in [-0.1, -0.05) is 18.2 Å². The number of carbonyl (C=O) groups is 1. The van der Waals surface area contributed by atoms with E-state index in [1.54, 1.807) is 6.20 Å². The molecule has 1 aliphatic rings. The summed E-state index contributed by atoms with van der Waals surface area (Å²) in [5.74, 6) is 0.660. The van der Waals surface area contributed by atoms with Gasteiger partial charge in [-0.3, -0.25) is 9.78 Å². The number of rotatable bonds is 2. The molecule has 0 aliphatic carbocycles. The fraction of sp³-hybridized carbons (Fsp3) is 0.222. The maximum absolute atomic E-state index is 12.7. The van der Waals surface area contributed by atoms with Crippen molar-refractivity contribution in [3.8, 4) is 5.75 Å². The second-order valence-electron chi connectivity index (χ2n) is 5.70. The number of amides is 1. The molecule has 1 N–H and O–H groups in total. The summed E-state index contributed by atoms with van der Waals surface area (Å²) < 4.78 is 7.51. The van der Waals surface area contributed by atoms with Crippen molar-refractivity contribution >= 4 is 16.8 Å². The molecular formula is C18H17N3O2. The topological polar surface area (TPSA) is 56.2 Å². The lowest BCUT2D eigenvalue weighted by Crippen LogP contribution is -2.33. The SMILES string of the molecule is Cn1c(C(=O)NC2CCOc3cccnc32)cc2ccccc21. The number of nitrogens with zero attached hydrogens (tertiary/aromatic N) is 2. The van der Waals surface area contributed by atoms with Crippen molar-refractivity contribution in [2.75, 3.05) is 6.61 Å². The first-order valence-electron chi connectivity index (χ1n) is 7.67. The number of fused-ring (bicyclic) bond motifs is 2. The van der Waals surface area contributed by atoms with Crippen molar-refractivity contribution in [2.24, 2.45) is 7.05 Å². The summed E-state index contributed by atoms with van der Waals surface area (Å²) in [6.45, 7) is 0.582. The van der Waals surface area contributed by atoms with Gasteiger partial charge in [0.1, 0.15) is 17.1 Å². The van der Waals surface area contributed by atoms with Gasteiger partial charge in [-0.25, -0.2) is 0 Å². The van der Waals surface area contributed by atoms with Gasteiger partial charge in [0.2, 0.25) is 0 Å². The highest BCUT2D eigenvalue weighted by atomic mass is 16.5. The molecule has 23 heavy (non-hydrogen) atoms. The zero-order valence-electron chi connectivity index (χ0n) is 12.8. The Morgan fingerprint density at radius 3 is 3.04 bits per heavy atom. The Bertz CT molecular complexity index is 885. The van der Waals surface area contributed by atoms with Gasteiger partial charge in [0, 0.05) is 30.6 Å². The van der Waals surface area contributed by atoms with Crippen molar-refractivity contribution in [1.29, 1.82) is 0 Å². The van der Waals surface area contributed by atoms with E-state index in [9.17, 15) is 4.79 Å². The molecule has 5 nitrogen and oxygen atoms in total. The Morgan fingerprint density at radius 2 is 2.17 bits per heavy atom. The van der Waals surface area contributed by atoms with Gasteiger partial charge in [-0.2, -0.15) is 0 Å². The highest BCUT2D eigenvalue weighted by Crippen LogP contribution is 2.30. The fourth-order valence-electron chi connectivity index (χ4n) is 3.09. The van der Waals surface area contributed by atoms with Crippen LogP contribution < -0.4 is 10.1 Å². The van der Waals surface area contributed by atoms with Crippen molar-refractivity contribution in [3.05, 3.63) is 60.0 Å². The third-order valence-electron chi connectivity index (χ3n) is 4.28. The number of carbonyl (C=O) groups excluding carboxylic acids is 1. The monoisotopic (exact) mass is 307 g/mol. The molecule has 3 aromatic rings. The zero-order chi connectivity index (χ0) is 15.8. The second-order valence-corrected chi connectivity index (χ2v) is 5.70. The molecule has 1 atom stereocenters. The molecule has 0 saturated carbocycles. The van der Waals surface area contributed by atoms with Gasteiger partial charge in [0.25, 0.3) is 5.91 Å². The summed E-state index contributed by atoms with van der Waals surface area (Å²) in [6, 6.07) is 13.5. The Hall–Kier alpha value is -2.82. The van der Waals surface area contributed by atoms with E-state index >= 15 is 0 Å². The first-order valence-corrected chi connectivity index (χ1v) is 7.67. The lowest BCUT2D eigenvalue weighted by molar-refractivity contribution is 0.0915. The normalized spacial score (nSPS) is 16.7. The number of nitrogens with one attached hydrogen (secondary N) is 1. The van der Waals surface area contributed by atoms with Gasteiger partial charge in [0.15, 0.2) is 0 Å². The molecule has 0 bridgehead atoms. The molecule has 0 spiro atoms. The third-order valence-corrected chi connectivity index (χ3v) is 4.28. The van der Waals surface area contributed by atoms with Crippen molar-refractivity contribution in [3.63, 3.8) is 0 Å². The minimum absolute atomic E-state index is 0.0906. The molecule has 1 amide bonds. The van der Waals surface area contributed by atoms with Crippen molar-refractivity contribution in [2.45, 2.75) is 12.5 Å². The summed E-state index contributed by atoms with van der Waals surface area (Å²) in [5, 5.41) is 4.15. The van der Waals surface area contributed by atoms with E-state index in [0.717, 1.165) is 28.8 Å². The molecule has 116 valence electrons. The van der Waals surface area contributed by atoms with E-state index in [1.165, 1.54) is 0 Å². The highest BCUT2D eigenvalue weighted by Gasteiger charge is 2.25. The van der Waals surface area contributed by atoms with Crippen LogP contribution >= 0.6 is 0 Å². The maximum atomic E-state index is 12.7. The molecular weight excluding hydrogens is 290 g/mol. The molecule has 4 rings (SSSR count). The van der Waals surface area contributed by atoms with Crippen LogP contribution in [-0.4, -0.2) is 22.1 Å². The number of aryl methyl sites for hydroxylation is 1. The fourth-order valence-corrected chi connectivity index (χ4v) is 3.09. The summed E-state index contributed by atoms with van der Waals surface area (Å²) >= 11 is 0. The lowest BCUT2D eigenvalue weighted by Gasteiger charge is -2.25. The predicted octanol–water partition coefficient (Wildman–Crippen LogP) is 2.83. The molecule has 2 aromatic heterocycles. The number of benzene rings is 1. The molecule has 3 heterocycles. The Morgan fingerprint density at radius 1 is 1.30 bits per heavy atom. The average molecular weight is 307 g/mol. The lowest BCUT2D eigenvalue weighted by atomic mass is 10.1. The van der Waals surface area contributed by atoms with E-state index in [4.69, 9.17) is 4.74 Å². The van der Waals surface area contributed by atoms with Crippen LogP contribution in [0.4, 0.5) is 0 Å². The number of hydrogen-bond acceptors (Lipinski definition) is 3. The van der Waals surface area contributed by atoms with Gasteiger partial charge in [-0.15, -0.1) is 0 Å². The quantitative estimate of drug-likeness (QED) is 0.792. The summed E-state index contributed by atoms with van der Waals surface area (Å²) in [5.41, 5.74) is 2.49. The van der Waals surface area contributed by atoms with E-state index in [0.29, 0.717) is 12.3 Å². The summed E-state index contributed by atoms with van der Waals surface area (Å²) in [6.07, 6.45) is 2.45. The van der Waals surface area contributed by atoms with Crippen molar-refractivity contribution in [1.82, 2.24) is 14.9 Å². The van der Waals surface area contributed by atoms with E-state index in [-0.39, 0.29) is 11.9 Å². The van der Waals surface area contributed by atoms with Crippen LogP contribution in [0.3, 0.4) is 0 Å². The van der Waals surface area contributed by atoms with Gasteiger partial charge >= 0.3 is 0 Å². The number of pyridine rings is 1. The molecule has 0 fully saturated rings. The van der Waals surface area contributed by atoms with E-state index < -0.39 is 0 Å². The van der Waals surface area contributed by atoms with Crippen LogP contribution in [0.1, 0.15) is 28.6 Å². The van der Waals surface area contributed by atoms with Crippen LogP contribution in [0.2, 0.25) is 0 Å². The summed E-state index contributed by atoms with van der Waals surface area (Å²) in [7, 11) is 1.91. The van der Waals surface area contributed by atoms with E-state index in [1.807, 2.05) is 54.1 Å². The second kappa shape index (κ2) is 5.43. The molecule has 1 aliphatic heterocycles. The first kappa shape index (κ1) is 13.8. The van der Waals surface area contributed by atoms with Gasteiger partial charge < -0.3 is 14.6 Å². The Labute approximate surface area is 133 Å². The van der Waals surface area contributed by atoms with Crippen LogP contribution in [0.5, 0.6) is 5.75 Å². The Kier molecular flexibility index (Phi) is 3.26. The number of hydrogen-bond donors (Lipinski definition) is 1. The van der Waals surface area contributed by atoms with Crippen LogP contribution in [0, 0.1) is 0 Å². The molecule has 1 unspecified atom stereocenters. The number of ether oxygens (including phenoxy) is 1. The highest BCUT2D eigenvalue weighted by molar-refractivity contribution is 5.98. The van der Waals surface area contributed by atoms with E-state index in [2.05, 4.69) is 10.3 Å². The van der Waals surface area contributed by atoms with Crippen LogP contribution in [0.15, 0.2) is 48.7 Å². The standard InChI is InChI=1S/C18H17N3O2/c1-21-14-6-3-2-5-12(14)11-15(21)18(22)20-13-8-10-23-16-7-4-9-19-17(13)16/h2-7,9,11,13H,8,10H2,1H3,(H,20,22). The average Bonchev–Trinajstić information content (AvgIpc) is 2.93. The van der Waals surface area contributed by atoms with Crippen molar-refractivity contribution < 1.29 is 9.53 Å². The van der Waals surface area contributed by atoms with Crippen LogP contribution in [0.25, 0.3) is 10.9 Å².